The summed E-state index contributed by atoms with van der Waals surface area (Å²) in [5.74, 6) is -0.274. The molecule has 0 N–H and O–H groups in total. The van der Waals surface area contributed by atoms with Gasteiger partial charge in [-0.15, -0.1) is 10.2 Å². The van der Waals surface area contributed by atoms with Crippen molar-refractivity contribution in [2.24, 2.45) is 0 Å². The first-order chi connectivity index (χ1) is 13.5. The molecule has 0 bridgehead atoms. The lowest BCUT2D eigenvalue weighted by molar-refractivity contribution is -0.136. The number of hydrogen-bond donors (Lipinski definition) is 0. The van der Waals surface area contributed by atoms with E-state index in [2.05, 4.69) is 10.2 Å². The molecule has 1 aromatic heterocycles. The Labute approximate surface area is 166 Å². The van der Waals surface area contributed by atoms with Crippen LogP contribution in [0.3, 0.4) is 0 Å². The van der Waals surface area contributed by atoms with Crippen molar-refractivity contribution in [2.75, 3.05) is 6.61 Å². The molecule has 0 saturated carbocycles. The highest BCUT2D eigenvalue weighted by molar-refractivity contribution is 6.33. The minimum atomic E-state index is -0.521. The molecule has 3 aromatic rings. The van der Waals surface area contributed by atoms with Crippen molar-refractivity contribution in [3.05, 3.63) is 65.3 Å². The summed E-state index contributed by atoms with van der Waals surface area (Å²) in [6.45, 7) is 3.51. The Balaban J connectivity index is 1.69. The van der Waals surface area contributed by atoms with Gasteiger partial charge in [0.15, 0.2) is 18.2 Å². The third-order valence-corrected chi connectivity index (χ3v) is 4.34. The summed E-state index contributed by atoms with van der Waals surface area (Å²) in [5.41, 5.74) is 0.619. The van der Waals surface area contributed by atoms with Gasteiger partial charge in [0.05, 0.1) is 17.1 Å². The van der Waals surface area contributed by atoms with Crippen LogP contribution in [0.25, 0.3) is 11.5 Å². The van der Waals surface area contributed by atoms with Gasteiger partial charge in [0, 0.05) is 6.04 Å². The minimum Gasteiger partial charge on any atom is -0.481 e. The summed E-state index contributed by atoms with van der Waals surface area (Å²) in [6, 6.07) is 12.9. The molecule has 0 saturated heterocycles. The Morgan fingerprint density at radius 3 is 2.61 bits per heavy atom. The molecule has 2 aromatic carbocycles. The van der Waals surface area contributed by atoms with Crippen molar-refractivity contribution in [1.82, 2.24) is 15.1 Å². The minimum absolute atomic E-state index is 0.0263. The average molecular weight is 404 g/mol. The van der Waals surface area contributed by atoms with E-state index in [1.807, 2.05) is 19.9 Å². The van der Waals surface area contributed by atoms with Crippen LogP contribution in [0.4, 0.5) is 4.39 Å². The van der Waals surface area contributed by atoms with Crippen molar-refractivity contribution >= 4 is 17.5 Å². The first-order valence-electron chi connectivity index (χ1n) is 8.69. The number of carbonyl (C=O) groups excluding carboxylic acids is 1. The van der Waals surface area contributed by atoms with Gasteiger partial charge in [0.25, 0.3) is 5.91 Å². The van der Waals surface area contributed by atoms with Gasteiger partial charge in [-0.3, -0.25) is 4.79 Å². The number of ether oxygens (including phenoxy) is 1. The number of nitrogens with zero attached hydrogens (tertiary/aromatic N) is 3. The number of amides is 1. The lowest BCUT2D eigenvalue weighted by Gasteiger charge is -2.25. The molecule has 1 heterocycles. The molecule has 8 heteroatoms. The van der Waals surface area contributed by atoms with E-state index in [9.17, 15) is 9.18 Å². The highest BCUT2D eigenvalue weighted by Crippen LogP contribution is 2.26. The van der Waals surface area contributed by atoms with E-state index in [1.54, 1.807) is 30.3 Å². The van der Waals surface area contributed by atoms with E-state index < -0.39 is 5.82 Å². The first-order valence-corrected chi connectivity index (χ1v) is 9.07. The average Bonchev–Trinajstić information content (AvgIpc) is 3.14. The molecule has 0 fully saturated rings. The van der Waals surface area contributed by atoms with E-state index in [4.69, 9.17) is 20.8 Å². The lowest BCUT2D eigenvalue weighted by Crippen LogP contribution is -2.39. The Morgan fingerprint density at radius 2 is 1.89 bits per heavy atom. The number of carbonyl (C=O) groups is 1. The first kappa shape index (κ1) is 19.8. The van der Waals surface area contributed by atoms with Crippen LogP contribution in [0.1, 0.15) is 19.7 Å². The monoisotopic (exact) mass is 403 g/mol. The SMILES string of the molecule is CC(C)N(Cc1nnc(-c2ccccc2Cl)o1)C(=O)COc1ccccc1F. The second-order valence-corrected chi connectivity index (χ2v) is 6.72. The molecule has 0 aliphatic carbocycles. The summed E-state index contributed by atoms with van der Waals surface area (Å²) in [7, 11) is 0. The third-order valence-electron chi connectivity index (χ3n) is 4.01. The second-order valence-electron chi connectivity index (χ2n) is 6.32. The summed E-state index contributed by atoms with van der Waals surface area (Å²) in [6.07, 6.45) is 0. The summed E-state index contributed by atoms with van der Waals surface area (Å²) in [4.78, 5) is 14.1. The van der Waals surface area contributed by atoms with Gasteiger partial charge in [-0.05, 0) is 38.1 Å². The molecule has 0 aliphatic heterocycles. The maximum atomic E-state index is 13.6. The lowest BCUT2D eigenvalue weighted by atomic mass is 10.2. The number of halogens is 2. The molecular formula is C20H19ClFN3O3. The summed E-state index contributed by atoms with van der Waals surface area (Å²) < 4.78 is 24.6. The molecule has 0 atom stereocenters. The van der Waals surface area contributed by atoms with Crippen LogP contribution in [-0.2, 0) is 11.3 Å². The van der Waals surface area contributed by atoms with E-state index in [0.717, 1.165) is 0 Å². The Hall–Kier alpha value is -2.93. The molecule has 0 radical (unpaired) electrons. The topological polar surface area (TPSA) is 68.5 Å². The zero-order valence-electron chi connectivity index (χ0n) is 15.4. The number of benzene rings is 2. The highest BCUT2D eigenvalue weighted by Gasteiger charge is 2.22. The van der Waals surface area contributed by atoms with Gasteiger partial charge in [0.2, 0.25) is 11.8 Å². The van der Waals surface area contributed by atoms with Crippen LogP contribution in [0.15, 0.2) is 52.9 Å². The molecule has 0 spiro atoms. The van der Waals surface area contributed by atoms with Crippen LogP contribution in [0.5, 0.6) is 5.75 Å². The zero-order chi connectivity index (χ0) is 20.1. The summed E-state index contributed by atoms with van der Waals surface area (Å²) >= 11 is 6.15. The van der Waals surface area contributed by atoms with E-state index in [0.29, 0.717) is 10.6 Å². The largest absolute Gasteiger partial charge is 0.481 e. The third kappa shape index (κ3) is 4.67. The highest BCUT2D eigenvalue weighted by atomic mass is 35.5. The van der Waals surface area contributed by atoms with Crippen molar-refractivity contribution in [3.63, 3.8) is 0 Å². The van der Waals surface area contributed by atoms with Gasteiger partial charge in [-0.1, -0.05) is 35.9 Å². The van der Waals surface area contributed by atoms with Crippen LogP contribution in [0.2, 0.25) is 5.02 Å². The normalized spacial score (nSPS) is 10.9. The van der Waals surface area contributed by atoms with E-state index >= 15 is 0 Å². The molecular weight excluding hydrogens is 385 g/mol. The standard InChI is InChI=1S/C20H19ClFN3O3/c1-13(2)25(19(26)12-27-17-10-6-5-9-16(17)22)11-18-23-24-20(28-18)14-7-3-4-8-15(14)21/h3-10,13H,11-12H2,1-2H3. The molecule has 28 heavy (non-hydrogen) atoms. The van der Waals surface area contributed by atoms with E-state index in [-0.39, 0.29) is 42.6 Å². The maximum absolute atomic E-state index is 13.6. The molecule has 146 valence electrons. The van der Waals surface area contributed by atoms with E-state index in [1.165, 1.54) is 17.0 Å². The molecule has 0 aliphatic rings. The molecule has 1 amide bonds. The molecule has 6 nitrogen and oxygen atoms in total. The van der Waals surface area contributed by atoms with Crippen LogP contribution in [0, 0.1) is 5.82 Å². The van der Waals surface area contributed by atoms with Gasteiger partial charge >= 0.3 is 0 Å². The Kier molecular flexibility index (Phi) is 6.26. The van der Waals surface area contributed by atoms with Gasteiger partial charge < -0.3 is 14.1 Å². The maximum Gasteiger partial charge on any atom is 0.261 e. The van der Waals surface area contributed by atoms with Crippen molar-refractivity contribution in [1.29, 1.82) is 0 Å². The fraction of sp³-hybridized carbons (Fsp3) is 0.250. The smallest absolute Gasteiger partial charge is 0.261 e. The fourth-order valence-corrected chi connectivity index (χ4v) is 2.77. The van der Waals surface area contributed by atoms with Crippen molar-refractivity contribution in [2.45, 2.75) is 26.4 Å². The van der Waals surface area contributed by atoms with Crippen molar-refractivity contribution < 1.29 is 18.3 Å². The van der Waals surface area contributed by atoms with Crippen LogP contribution >= 0.6 is 11.6 Å². The second kappa shape index (κ2) is 8.84. The van der Waals surface area contributed by atoms with Gasteiger partial charge in [0.1, 0.15) is 0 Å². The van der Waals surface area contributed by atoms with Crippen LogP contribution in [-0.4, -0.2) is 33.7 Å². The number of aromatic nitrogens is 2. The Bertz CT molecular complexity index is 961. The van der Waals surface area contributed by atoms with Gasteiger partial charge in [-0.2, -0.15) is 0 Å². The molecule has 0 unspecified atom stereocenters. The van der Waals surface area contributed by atoms with Crippen molar-refractivity contribution in [3.8, 4) is 17.2 Å². The fourth-order valence-electron chi connectivity index (χ4n) is 2.55. The molecule has 3 rings (SSSR count). The predicted octanol–water partition coefficient (Wildman–Crippen LogP) is 4.35. The quantitative estimate of drug-likeness (QED) is 0.586. The number of para-hydroxylation sites is 1. The predicted molar refractivity (Wildman–Crippen MR) is 102 cm³/mol. The number of hydrogen-bond acceptors (Lipinski definition) is 5. The summed E-state index contributed by atoms with van der Waals surface area (Å²) in [5, 5.41) is 8.50. The number of rotatable bonds is 7. The van der Waals surface area contributed by atoms with Crippen LogP contribution < -0.4 is 4.74 Å². The zero-order valence-corrected chi connectivity index (χ0v) is 16.2. The Morgan fingerprint density at radius 1 is 1.18 bits per heavy atom. The van der Waals surface area contributed by atoms with Gasteiger partial charge in [-0.25, -0.2) is 4.39 Å².